The number of aliphatic hydroxyl groups excluding tert-OH is 1. The fraction of sp³-hybridized carbons (Fsp3) is 1.00. The predicted molar refractivity (Wildman–Crippen MR) is 46.5 cm³/mol. The van der Waals surface area contributed by atoms with Crippen molar-refractivity contribution in [1.29, 1.82) is 0 Å². The first-order valence-corrected chi connectivity index (χ1v) is 4.14. The average molecular weight is 203 g/mol. The molecule has 4 unspecified atom stereocenters. The summed E-state index contributed by atoms with van der Waals surface area (Å²) in [5.74, 6) is 0. The second kappa shape index (κ2) is 5.14. The summed E-state index contributed by atoms with van der Waals surface area (Å²) in [6.07, 6.45) is -2.17. The molecule has 0 radical (unpaired) electrons. The first-order valence-electron chi connectivity index (χ1n) is 4.14. The van der Waals surface area contributed by atoms with Crippen molar-refractivity contribution >= 4 is 0 Å². The SMILES string of the molecule is COC1OCC(N=[N+]=[N-])C(O)C1OC. The lowest BCUT2D eigenvalue weighted by atomic mass is 10.0. The van der Waals surface area contributed by atoms with E-state index in [2.05, 4.69) is 10.0 Å². The summed E-state index contributed by atoms with van der Waals surface area (Å²) >= 11 is 0. The molecule has 1 heterocycles. The van der Waals surface area contributed by atoms with Crippen LogP contribution in [0.3, 0.4) is 0 Å². The number of azide groups is 1. The van der Waals surface area contributed by atoms with Crippen LogP contribution < -0.4 is 0 Å². The zero-order chi connectivity index (χ0) is 10.6. The van der Waals surface area contributed by atoms with Crippen molar-refractivity contribution in [3.8, 4) is 0 Å². The lowest BCUT2D eigenvalue weighted by Gasteiger charge is -2.36. The molecule has 1 aliphatic rings. The standard InChI is InChI=1S/C7H13N3O4/c1-12-6-5(11)4(9-10-8)3-14-7(6)13-2/h4-7,11H,3H2,1-2H3. The lowest BCUT2D eigenvalue weighted by molar-refractivity contribution is -0.245. The van der Waals surface area contributed by atoms with Gasteiger partial charge in [0, 0.05) is 19.1 Å². The third-order valence-electron chi connectivity index (χ3n) is 2.13. The van der Waals surface area contributed by atoms with E-state index in [0.29, 0.717) is 0 Å². The molecule has 1 N–H and O–H groups in total. The predicted octanol–water partition coefficient (Wildman–Crippen LogP) is 0.0439. The number of aliphatic hydroxyl groups is 1. The number of rotatable bonds is 3. The third kappa shape index (κ3) is 2.14. The molecule has 1 fully saturated rings. The van der Waals surface area contributed by atoms with E-state index in [9.17, 15) is 5.11 Å². The monoisotopic (exact) mass is 203 g/mol. The van der Waals surface area contributed by atoms with Crippen LogP contribution in [-0.4, -0.2) is 50.5 Å². The van der Waals surface area contributed by atoms with E-state index < -0.39 is 24.5 Å². The van der Waals surface area contributed by atoms with Crippen LogP contribution in [0.2, 0.25) is 0 Å². The Morgan fingerprint density at radius 2 is 2.21 bits per heavy atom. The van der Waals surface area contributed by atoms with Crippen molar-refractivity contribution < 1.29 is 19.3 Å². The molecular weight excluding hydrogens is 190 g/mol. The van der Waals surface area contributed by atoms with Gasteiger partial charge in [-0.15, -0.1) is 0 Å². The van der Waals surface area contributed by atoms with Crippen molar-refractivity contribution in [2.24, 2.45) is 5.11 Å². The Labute approximate surface area is 81.2 Å². The van der Waals surface area contributed by atoms with Gasteiger partial charge in [0.25, 0.3) is 0 Å². The van der Waals surface area contributed by atoms with Gasteiger partial charge in [0.2, 0.25) is 0 Å². The number of methoxy groups -OCH3 is 2. The van der Waals surface area contributed by atoms with Crippen molar-refractivity contribution in [3.63, 3.8) is 0 Å². The van der Waals surface area contributed by atoms with E-state index in [1.54, 1.807) is 0 Å². The molecule has 14 heavy (non-hydrogen) atoms. The molecule has 0 spiro atoms. The molecule has 0 aromatic carbocycles. The number of nitrogens with zero attached hydrogens (tertiary/aromatic N) is 3. The molecule has 1 aliphatic heterocycles. The summed E-state index contributed by atoms with van der Waals surface area (Å²) in [4.78, 5) is 2.62. The van der Waals surface area contributed by atoms with Gasteiger partial charge in [-0.25, -0.2) is 0 Å². The zero-order valence-electron chi connectivity index (χ0n) is 8.03. The smallest absolute Gasteiger partial charge is 0.185 e. The van der Waals surface area contributed by atoms with Gasteiger partial charge in [-0.1, -0.05) is 5.11 Å². The molecule has 0 saturated carbocycles. The number of hydrogen-bond donors (Lipinski definition) is 1. The fourth-order valence-corrected chi connectivity index (χ4v) is 1.39. The average Bonchev–Trinajstić information content (AvgIpc) is 2.21. The quantitative estimate of drug-likeness (QED) is 0.398. The molecule has 0 amide bonds. The summed E-state index contributed by atoms with van der Waals surface area (Å²) in [5.41, 5.74) is 8.24. The van der Waals surface area contributed by atoms with Crippen LogP contribution in [0.1, 0.15) is 0 Å². The molecule has 1 saturated heterocycles. The number of ether oxygens (including phenoxy) is 3. The minimum absolute atomic E-state index is 0.129. The maximum atomic E-state index is 9.71. The molecular formula is C7H13N3O4. The maximum Gasteiger partial charge on any atom is 0.185 e. The third-order valence-corrected chi connectivity index (χ3v) is 2.13. The fourth-order valence-electron chi connectivity index (χ4n) is 1.39. The van der Waals surface area contributed by atoms with Crippen molar-refractivity contribution in [3.05, 3.63) is 10.4 Å². The molecule has 0 aliphatic carbocycles. The molecule has 7 heteroatoms. The maximum absolute atomic E-state index is 9.71. The summed E-state index contributed by atoms with van der Waals surface area (Å²) in [6, 6.07) is -0.628. The van der Waals surface area contributed by atoms with Gasteiger partial charge in [-0.2, -0.15) is 0 Å². The highest BCUT2D eigenvalue weighted by Crippen LogP contribution is 2.20. The van der Waals surface area contributed by atoms with Crippen LogP contribution in [0.5, 0.6) is 0 Å². The van der Waals surface area contributed by atoms with Crippen LogP contribution in [0.4, 0.5) is 0 Å². The Kier molecular flexibility index (Phi) is 4.12. The van der Waals surface area contributed by atoms with E-state index in [-0.39, 0.29) is 6.61 Å². The van der Waals surface area contributed by atoms with Crippen molar-refractivity contribution in [2.45, 2.75) is 24.5 Å². The minimum Gasteiger partial charge on any atom is -0.390 e. The Morgan fingerprint density at radius 3 is 2.71 bits per heavy atom. The topological polar surface area (TPSA) is 96.7 Å². The van der Waals surface area contributed by atoms with Gasteiger partial charge < -0.3 is 19.3 Å². The Balaban J connectivity index is 2.70. The van der Waals surface area contributed by atoms with Gasteiger partial charge in [-0.3, -0.25) is 0 Å². The summed E-state index contributed by atoms with van der Waals surface area (Å²) in [5, 5.41) is 13.1. The van der Waals surface area contributed by atoms with E-state index in [4.69, 9.17) is 19.7 Å². The Bertz CT molecular complexity index is 231. The van der Waals surface area contributed by atoms with Crippen LogP contribution in [0.15, 0.2) is 5.11 Å². The Morgan fingerprint density at radius 1 is 1.50 bits per heavy atom. The van der Waals surface area contributed by atoms with Gasteiger partial charge in [0.15, 0.2) is 6.29 Å². The van der Waals surface area contributed by atoms with E-state index in [1.165, 1.54) is 14.2 Å². The van der Waals surface area contributed by atoms with Crippen LogP contribution in [-0.2, 0) is 14.2 Å². The largest absolute Gasteiger partial charge is 0.390 e. The zero-order valence-corrected chi connectivity index (χ0v) is 8.03. The van der Waals surface area contributed by atoms with Gasteiger partial charge >= 0.3 is 0 Å². The summed E-state index contributed by atoms with van der Waals surface area (Å²) in [6.45, 7) is 0.129. The summed E-state index contributed by atoms with van der Waals surface area (Å²) in [7, 11) is 2.89. The number of hydrogen-bond acceptors (Lipinski definition) is 5. The molecule has 7 nitrogen and oxygen atoms in total. The van der Waals surface area contributed by atoms with Gasteiger partial charge in [0.05, 0.1) is 18.8 Å². The first kappa shape index (κ1) is 11.2. The molecule has 0 bridgehead atoms. The normalized spacial score (nSPS) is 37.6. The van der Waals surface area contributed by atoms with E-state index >= 15 is 0 Å². The van der Waals surface area contributed by atoms with Gasteiger partial charge in [-0.05, 0) is 5.53 Å². The minimum atomic E-state index is -0.908. The van der Waals surface area contributed by atoms with Gasteiger partial charge in [0.1, 0.15) is 6.10 Å². The second-order valence-electron chi connectivity index (χ2n) is 2.90. The summed E-state index contributed by atoms with van der Waals surface area (Å²) < 4.78 is 15.1. The van der Waals surface area contributed by atoms with Crippen molar-refractivity contribution in [2.75, 3.05) is 20.8 Å². The second-order valence-corrected chi connectivity index (χ2v) is 2.90. The van der Waals surface area contributed by atoms with E-state index in [0.717, 1.165) is 0 Å². The highest BCUT2D eigenvalue weighted by molar-refractivity contribution is 4.88. The highest BCUT2D eigenvalue weighted by Gasteiger charge is 2.39. The molecule has 1 rings (SSSR count). The molecule has 0 aromatic rings. The Hall–Kier alpha value is -0.850. The van der Waals surface area contributed by atoms with Crippen molar-refractivity contribution in [1.82, 2.24) is 0 Å². The first-order chi connectivity index (χ1) is 6.74. The lowest BCUT2D eigenvalue weighted by Crippen LogP contribution is -2.53. The van der Waals surface area contributed by atoms with Crippen LogP contribution in [0.25, 0.3) is 10.4 Å². The highest BCUT2D eigenvalue weighted by atomic mass is 16.7. The molecule has 0 aromatic heterocycles. The van der Waals surface area contributed by atoms with Crippen LogP contribution in [0, 0.1) is 0 Å². The van der Waals surface area contributed by atoms with E-state index in [1.807, 2.05) is 0 Å². The van der Waals surface area contributed by atoms with Crippen LogP contribution >= 0.6 is 0 Å². The molecule has 4 atom stereocenters. The molecule has 80 valence electrons.